The van der Waals surface area contributed by atoms with Crippen LogP contribution in [0, 0.1) is 0 Å². The Morgan fingerprint density at radius 2 is 1.68 bits per heavy atom. The van der Waals surface area contributed by atoms with Crippen LogP contribution in [0.4, 0.5) is 13.2 Å². The molecule has 28 heavy (non-hydrogen) atoms. The minimum absolute atomic E-state index is 0.0179. The highest BCUT2D eigenvalue weighted by atomic mass is 79.9. The van der Waals surface area contributed by atoms with Crippen LogP contribution in [0.25, 0.3) is 22.3 Å². The van der Waals surface area contributed by atoms with Gasteiger partial charge in [-0.05, 0) is 18.2 Å². The number of carbonyl (C=O) groups excluding carboxylic acids is 1. The van der Waals surface area contributed by atoms with E-state index in [0.717, 1.165) is 26.8 Å². The van der Waals surface area contributed by atoms with E-state index in [1.54, 1.807) is 18.3 Å². The van der Waals surface area contributed by atoms with E-state index in [2.05, 4.69) is 25.9 Å². The van der Waals surface area contributed by atoms with Crippen LogP contribution in [-0.4, -0.2) is 39.5 Å². The second-order valence-corrected chi connectivity index (χ2v) is 6.31. The van der Waals surface area contributed by atoms with E-state index >= 15 is 0 Å². The topological polar surface area (TPSA) is 106 Å². The molecule has 0 unspecified atom stereocenters. The first-order valence-electron chi connectivity index (χ1n) is 7.68. The van der Waals surface area contributed by atoms with Gasteiger partial charge in [-0.1, -0.05) is 40.2 Å². The Morgan fingerprint density at radius 3 is 2.21 bits per heavy atom. The Kier molecular flexibility index (Phi) is 6.81. The quantitative estimate of drug-likeness (QED) is 0.581. The fourth-order valence-corrected chi connectivity index (χ4v) is 2.42. The number of carbonyl (C=O) groups is 2. The van der Waals surface area contributed by atoms with E-state index in [9.17, 15) is 18.0 Å². The monoisotopic (exact) mass is 455 g/mol. The van der Waals surface area contributed by atoms with E-state index in [1.807, 2.05) is 30.3 Å². The average molecular weight is 456 g/mol. The number of nitrogens with two attached hydrogens (primary N) is 1. The number of rotatable bonds is 3. The molecule has 1 aromatic heterocycles. The van der Waals surface area contributed by atoms with Crippen LogP contribution in [0.3, 0.4) is 0 Å². The van der Waals surface area contributed by atoms with Crippen molar-refractivity contribution in [1.29, 1.82) is 0 Å². The Balaban J connectivity index is 0.000000345. The molecule has 3 rings (SSSR count). The first kappa shape index (κ1) is 21.5. The minimum atomic E-state index is -5.08. The highest BCUT2D eigenvalue weighted by Gasteiger charge is 2.38. The molecule has 0 aliphatic rings. The summed E-state index contributed by atoms with van der Waals surface area (Å²) in [4.78, 5) is 29.4. The van der Waals surface area contributed by atoms with Crippen LogP contribution < -0.4 is 5.73 Å². The van der Waals surface area contributed by atoms with Crippen molar-refractivity contribution < 1.29 is 27.9 Å². The molecule has 0 saturated carbocycles. The summed E-state index contributed by atoms with van der Waals surface area (Å²) in [6, 6.07) is 13.0. The number of carboxylic acids is 1. The molecule has 6 nitrogen and oxygen atoms in total. The number of halogens is 4. The number of nitrogens with zero attached hydrogens (tertiary/aromatic N) is 2. The van der Waals surface area contributed by atoms with Gasteiger partial charge in [0.2, 0.25) is 0 Å². The van der Waals surface area contributed by atoms with Crippen molar-refractivity contribution in [2.75, 3.05) is 6.54 Å². The third-order valence-electron chi connectivity index (χ3n) is 3.43. The number of hydrogen-bond donors (Lipinski definition) is 2. The van der Waals surface area contributed by atoms with Gasteiger partial charge in [-0.15, -0.1) is 0 Å². The van der Waals surface area contributed by atoms with Crippen LogP contribution in [0.5, 0.6) is 0 Å². The lowest BCUT2D eigenvalue weighted by Crippen LogP contribution is -2.21. The number of aliphatic carboxylic acids is 1. The summed E-state index contributed by atoms with van der Waals surface area (Å²) in [5.41, 5.74) is 9.32. The zero-order valence-electron chi connectivity index (χ0n) is 14.1. The van der Waals surface area contributed by atoms with Gasteiger partial charge >= 0.3 is 12.1 Å². The van der Waals surface area contributed by atoms with Crippen LogP contribution in [0.1, 0.15) is 10.4 Å². The smallest absolute Gasteiger partial charge is 0.475 e. The molecule has 0 spiro atoms. The third kappa shape index (κ3) is 5.57. The molecular weight excluding hydrogens is 443 g/mol. The van der Waals surface area contributed by atoms with Crippen molar-refractivity contribution in [2.45, 2.75) is 6.18 Å². The summed E-state index contributed by atoms with van der Waals surface area (Å²) in [7, 11) is 0. The van der Waals surface area contributed by atoms with Crippen molar-refractivity contribution in [1.82, 2.24) is 9.97 Å². The van der Waals surface area contributed by atoms with Gasteiger partial charge in [-0.3, -0.25) is 9.78 Å². The normalized spacial score (nSPS) is 10.9. The number of fused-ring (bicyclic) bond motifs is 1. The molecule has 0 radical (unpaired) electrons. The van der Waals surface area contributed by atoms with Gasteiger partial charge in [0, 0.05) is 15.6 Å². The lowest BCUT2D eigenvalue weighted by Gasteiger charge is -2.04. The molecule has 146 valence electrons. The van der Waals surface area contributed by atoms with E-state index in [1.165, 1.54) is 0 Å². The van der Waals surface area contributed by atoms with Gasteiger partial charge in [0.15, 0.2) is 5.78 Å². The number of Topliss-reactive ketones (excluding diaryl/α,β-unsaturated/α-hetero) is 1. The van der Waals surface area contributed by atoms with E-state index in [-0.39, 0.29) is 12.3 Å². The molecule has 0 aliphatic heterocycles. The molecule has 0 saturated heterocycles. The molecule has 0 fully saturated rings. The largest absolute Gasteiger partial charge is 0.490 e. The first-order valence-corrected chi connectivity index (χ1v) is 8.47. The maximum absolute atomic E-state index is 11.5. The highest BCUT2D eigenvalue weighted by Crippen LogP contribution is 2.22. The van der Waals surface area contributed by atoms with Gasteiger partial charge < -0.3 is 10.8 Å². The number of benzene rings is 2. The van der Waals surface area contributed by atoms with Crippen LogP contribution in [-0.2, 0) is 4.79 Å². The molecule has 1 heterocycles. The third-order valence-corrected chi connectivity index (χ3v) is 3.93. The minimum Gasteiger partial charge on any atom is -0.475 e. The number of hydrogen-bond acceptors (Lipinski definition) is 5. The van der Waals surface area contributed by atoms with Crippen molar-refractivity contribution in [3.63, 3.8) is 0 Å². The summed E-state index contributed by atoms with van der Waals surface area (Å²) in [5, 5.41) is 7.12. The number of aromatic nitrogens is 2. The van der Waals surface area contributed by atoms with Gasteiger partial charge in [-0.25, -0.2) is 9.78 Å². The second-order valence-electron chi connectivity index (χ2n) is 5.40. The fraction of sp³-hybridized carbons (Fsp3) is 0.111. The predicted molar refractivity (Wildman–Crippen MR) is 99.7 cm³/mol. The summed E-state index contributed by atoms with van der Waals surface area (Å²) >= 11 is 3.41. The Morgan fingerprint density at radius 1 is 1.07 bits per heavy atom. The van der Waals surface area contributed by atoms with Gasteiger partial charge in [0.1, 0.15) is 0 Å². The lowest BCUT2D eigenvalue weighted by molar-refractivity contribution is -0.192. The SMILES string of the molecule is NCC(=O)c1ccc(-c2cnc3cc(Br)ccc3n2)cc1.O=C(O)C(F)(F)F. The first-order chi connectivity index (χ1) is 13.1. The molecule has 10 heteroatoms. The Bertz CT molecular complexity index is 1010. The van der Waals surface area contributed by atoms with E-state index in [4.69, 9.17) is 15.6 Å². The van der Waals surface area contributed by atoms with Crippen LogP contribution in [0.2, 0.25) is 0 Å². The standard InChI is InChI=1S/C16H12BrN3O.C2HF3O2/c17-12-5-6-13-14(7-12)19-9-15(20-13)10-1-3-11(4-2-10)16(21)8-18;3-2(4,5)1(6)7/h1-7,9H,8,18H2;(H,6,7). The molecule has 0 amide bonds. The Hall–Kier alpha value is -2.85. The van der Waals surface area contributed by atoms with Gasteiger partial charge in [0.05, 0.1) is 29.5 Å². The zero-order valence-corrected chi connectivity index (χ0v) is 15.7. The van der Waals surface area contributed by atoms with Gasteiger partial charge in [0.25, 0.3) is 0 Å². The lowest BCUT2D eigenvalue weighted by atomic mass is 10.1. The van der Waals surface area contributed by atoms with Crippen molar-refractivity contribution in [2.24, 2.45) is 5.73 Å². The molecule has 3 aromatic rings. The second kappa shape index (κ2) is 8.89. The van der Waals surface area contributed by atoms with Crippen molar-refractivity contribution in [3.8, 4) is 11.3 Å². The van der Waals surface area contributed by atoms with Crippen LogP contribution in [0.15, 0.2) is 53.1 Å². The molecule has 2 aromatic carbocycles. The summed E-state index contributed by atoms with van der Waals surface area (Å²) < 4.78 is 32.7. The molecular formula is C18H13BrF3N3O3. The summed E-state index contributed by atoms with van der Waals surface area (Å²) in [6.07, 6.45) is -3.35. The van der Waals surface area contributed by atoms with Gasteiger partial charge in [-0.2, -0.15) is 13.2 Å². The average Bonchev–Trinajstić information content (AvgIpc) is 2.67. The summed E-state index contributed by atoms with van der Waals surface area (Å²) in [5.74, 6) is -2.83. The number of alkyl halides is 3. The maximum Gasteiger partial charge on any atom is 0.490 e. The maximum atomic E-state index is 11.5. The fourth-order valence-electron chi connectivity index (χ4n) is 2.07. The highest BCUT2D eigenvalue weighted by molar-refractivity contribution is 9.10. The molecule has 3 N–H and O–H groups in total. The summed E-state index contributed by atoms with van der Waals surface area (Å²) in [6.45, 7) is 0.0179. The van der Waals surface area contributed by atoms with E-state index < -0.39 is 12.1 Å². The Labute approximate surface area is 165 Å². The molecule has 0 atom stereocenters. The molecule has 0 aliphatic carbocycles. The molecule has 0 bridgehead atoms. The number of ketones is 1. The van der Waals surface area contributed by atoms with E-state index in [0.29, 0.717) is 5.56 Å². The zero-order chi connectivity index (χ0) is 20.9. The van der Waals surface area contributed by atoms with Crippen molar-refractivity contribution >= 4 is 38.7 Å². The predicted octanol–water partition coefficient (Wildman–Crippen LogP) is 3.83. The van der Waals surface area contributed by atoms with Crippen molar-refractivity contribution in [3.05, 3.63) is 58.7 Å². The number of carboxylic acid groups (broad SMARTS) is 1. The van der Waals surface area contributed by atoms with Crippen LogP contribution >= 0.6 is 15.9 Å².